The van der Waals surface area contributed by atoms with Crippen molar-refractivity contribution in [1.82, 2.24) is 10.2 Å². The molecule has 0 amide bonds. The fraction of sp³-hybridized carbons (Fsp3) is 0.273. The highest BCUT2D eigenvalue weighted by Crippen LogP contribution is 2.40. The molecule has 1 rings (SSSR count). The first-order valence-corrected chi connectivity index (χ1v) is 12.5. The molecule has 0 radical (unpaired) electrons. The second kappa shape index (κ2) is 10.4. The van der Waals surface area contributed by atoms with Crippen LogP contribution in [0.15, 0.2) is 17.0 Å². The van der Waals surface area contributed by atoms with Gasteiger partial charge in [-0.25, -0.2) is 9.13 Å². The maximum atomic E-state index is 11.0. The molecule has 152 valence electrons. The summed E-state index contributed by atoms with van der Waals surface area (Å²) in [4.78, 5) is 36.1. The number of thiocarbonyl (C=S) groups is 2. The van der Waals surface area contributed by atoms with Crippen molar-refractivity contribution in [3.05, 3.63) is 17.2 Å². The van der Waals surface area contributed by atoms with Gasteiger partial charge in [0.1, 0.15) is 0 Å². The van der Waals surface area contributed by atoms with Gasteiger partial charge in [0.15, 0.2) is 10.2 Å². The molecule has 1 aromatic carbocycles. The van der Waals surface area contributed by atoms with E-state index < -0.39 is 15.5 Å². The van der Waals surface area contributed by atoms with Crippen LogP contribution in [0.2, 0.25) is 5.02 Å². The first kappa shape index (κ1) is 24.6. The number of halogens is 1. The number of anilines is 2. The summed E-state index contributed by atoms with van der Waals surface area (Å²) in [7, 11) is -9.13. The topological polar surface area (TPSA) is 163 Å². The molecule has 0 saturated heterocycles. The lowest BCUT2D eigenvalue weighted by Crippen LogP contribution is -2.27. The van der Waals surface area contributed by atoms with Crippen LogP contribution in [-0.4, -0.2) is 35.6 Å². The van der Waals surface area contributed by atoms with Crippen molar-refractivity contribution in [2.45, 2.75) is 18.2 Å². The Morgan fingerprint density at radius 3 is 1.93 bits per heavy atom. The van der Waals surface area contributed by atoms with Gasteiger partial charge in [0.05, 0.1) is 21.3 Å². The van der Waals surface area contributed by atoms with E-state index in [9.17, 15) is 9.13 Å². The van der Waals surface area contributed by atoms with Gasteiger partial charge in [0.2, 0.25) is 0 Å². The summed E-state index contributed by atoms with van der Waals surface area (Å²) in [6, 6.07) is 2.99. The second-order valence-corrected chi connectivity index (χ2v) is 9.80. The number of nitrogens with one attached hydrogen (secondary N) is 4. The van der Waals surface area contributed by atoms with Crippen LogP contribution in [0.4, 0.5) is 11.4 Å². The normalized spacial score (nSPS) is 11.6. The summed E-state index contributed by atoms with van der Waals surface area (Å²) < 4.78 is 21.9. The minimum Gasteiger partial charge on any atom is -0.331 e. The Morgan fingerprint density at radius 1 is 1.04 bits per heavy atom. The Labute approximate surface area is 175 Å². The van der Waals surface area contributed by atoms with Gasteiger partial charge in [-0.15, -0.1) is 11.8 Å². The van der Waals surface area contributed by atoms with Gasteiger partial charge in [-0.3, -0.25) is 10.2 Å². The van der Waals surface area contributed by atoms with Gasteiger partial charge in [-0.2, -0.15) is 0 Å². The highest BCUT2D eigenvalue weighted by molar-refractivity contribution is 7.99. The Hall–Kier alpha value is -0.460. The minimum atomic E-state index is -4.57. The summed E-state index contributed by atoms with van der Waals surface area (Å²) in [5.74, 6) is 0.682. The van der Waals surface area contributed by atoms with Gasteiger partial charge >= 0.3 is 15.5 Å². The zero-order valence-electron chi connectivity index (χ0n) is 13.7. The van der Waals surface area contributed by atoms with E-state index in [1.54, 1.807) is 0 Å². The highest BCUT2D eigenvalue weighted by Gasteiger charge is 2.19. The lowest BCUT2D eigenvalue weighted by molar-refractivity contribution is 0.365. The third-order valence-corrected chi connectivity index (χ3v) is 6.11. The second-order valence-electron chi connectivity index (χ2n) is 4.87. The third-order valence-electron chi connectivity index (χ3n) is 2.54. The van der Waals surface area contributed by atoms with Crippen LogP contribution in [0.25, 0.3) is 0 Å². The SMILES string of the molecule is CCCSc1c(NC(=S)NP(=O)(O)O)ccc(NC(=S)NP(=O)(O)O)c1Cl. The first-order chi connectivity index (χ1) is 12.3. The van der Waals surface area contributed by atoms with E-state index in [1.807, 2.05) is 17.1 Å². The molecular formula is C11H17ClN4O6P2S3. The van der Waals surface area contributed by atoms with Crippen LogP contribution in [0.5, 0.6) is 0 Å². The Bertz CT molecular complexity index is 818. The molecule has 27 heavy (non-hydrogen) atoms. The summed E-state index contributed by atoms with van der Waals surface area (Å²) in [6.07, 6.45) is 0.821. The van der Waals surface area contributed by atoms with E-state index in [1.165, 1.54) is 23.9 Å². The van der Waals surface area contributed by atoms with Crippen molar-refractivity contribution in [1.29, 1.82) is 0 Å². The Balaban J connectivity index is 3.10. The third kappa shape index (κ3) is 9.53. The molecule has 0 heterocycles. The van der Waals surface area contributed by atoms with Crippen molar-refractivity contribution >= 4 is 84.9 Å². The smallest absolute Gasteiger partial charge is 0.331 e. The largest absolute Gasteiger partial charge is 0.429 e. The van der Waals surface area contributed by atoms with Crippen LogP contribution >= 0.6 is 63.3 Å². The maximum Gasteiger partial charge on any atom is 0.429 e. The fourth-order valence-electron chi connectivity index (χ4n) is 1.66. The van der Waals surface area contributed by atoms with E-state index in [2.05, 4.69) is 10.6 Å². The average Bonchev–Trinajstić information content (AvgIpc) is 2.46. The van der Waals surface area contributed by atoms with E-state index in [0.29, 0.717) is 16.3 Å². The molecule has 1 aromatic rings. The van der Waals surface area contributed by atoms with Crippen molar-refractivity contribution in [3.63, 3.8) is 0 Å². The zero-order valence-corrected chi connectivity index (χ0v) is 18.7. The van der Waals surface area contributed by atoms with Crippen LogP contribution in [-0.2, 0) is 9.13 Å². The molecule has 0 aliphatic carbocycles. The molecule has 8 N–H and O–H groups in total. The van der Waals surface area contributed by atoms with Crippen molar-refractivity contribution in [2.75, 3.05) is 16.4 Å². The Kier molecular flexibility index (Phi) is 9.43. The highest BCUT2D eigenvalue weighted by atomic mass is 35.5. The molecule has 0 unspecified atom stereocenters. The van der Waals surface area contributed by atoms with Gasteiger partial charge < -0.3 is 30.2 Å². The van der Waals surface area contributed by atoms with E-state index in [-0.39, 0.29) is 20.9 Å². The summed E-state index contributed by atoms with van der Waals surface area (Å²) in [5, 5.41) is 8.48. The summed E-state index contributed by atoms with van der Waals surface area (Å²) in [5.41, 5.74) is 0.671. The monoisotopic (exact) mass is 494 g/mol. The molecule has 0 atom stereocenters. The number of hydrogen-bond acceptors (Lipinski definition) is 5. The molecule has 0 saturated carbocycles. The molecule has 0 spiro atoms. The first-order valence-electron chi connectivity index (χ1n) is 7.07. The average molecular weight is 495 g/mol. The molecule has 0 bridgehead atoms. The summed E-state index contributed by atoms with van der Waals surface area (Å²) >= 11 is 17.4. The standard InChI is InChI=1S/C11H17ClN4O6P2S3/c1-2-5-27-9-7(14-11(26)16-24(20,21)22)4-3-6(8(9)12)13-10(25)15-23(17,18)19/h3-4H,2,5H2,1H3,(H4,13,15,17,18,19,25)(H4,14,16,20,21,22,26). The molecule has 0 aliphatic heterocycles. The molecule has 0 fully saturated rings. The summed E-state index contributed by atoms with van der Waals surface area (Å²) in [6.45, 7) is 1.95. The lowest BCUT2D eigenvalue weighted by Gasteiger charge is -2.18. The van der Waals surface area contributed by atoms with E-state index >= 15 is 0 Å². The van der Waals surface area contributed by atoms with Gasteiger partial charge in [0, 0.05) is 0 Å². The molecule has 0 aliphatic rings. The number of hydrogen-bond donors (Lipinski definition) is 8. The quantitative estimate of drug-likeness (QED) is 0.159. The molecule has 10 nitrogen and oxygen atoms in total. The van der Waals surface area contributed by atoms with Crippen LogP contribution in [0.3, 0.4) is 0 Å². The predicted molar refractivity (Wildman–Crippen MR) is 115 cm³/mol. The van der Waals surface area contributed by atoms with Crippen LogP contribution in [0.1, 0.15) is 13.3 Å². The van der Waals surface area contributed by atoms with Crippen molar-refractivity contribution in [2.24, 2.45) is 0 Å². The maximum absolute atomic E-state index is 11.0. The molecular weight excluding hydrogens is 478 g/mol. The van der Waals surface area contributed by atoms with Crippen molar-refractivity contribution in [3.8, 4) is 0 Å². The number of thioether (sulfide) groups is 1. The predicted octanol–water partition coefficient (Wildman–Crippen LogP) is 2.60. The van der Waals surface area contributed by atoms with E-state index in [4.69, 9.17) is 55.6 Å². The Morgan fingerprint density at radius 2 is 1.48 bits per heavy atom. The van der Waals surface area contributed by atoms with Gasteiger partial charge in [0.25, 0.3) is 0 Å². The number of benzene rings is 1. The van der Waals surface area contributed by atoms with Crippen LogP contribution in [0, 0.1) is 0 Å². The van der Waals surface area contributed by atoms with Crippen LogP contribution < -0.4 is 20.8 Å². The zero-order chi connectivity index (χ0) is 20.8. The molecule has 16 heteroatoms. The molecule has 0 aromatic heterocycles. The fourth-order valence-corrected chi connectivity index (χ4v) is 4.53. The van der Waals surface area contributed by atoms with Gasteiger partial charge in [-0.05, 0) is 48.7 Å². The van der Waals surface area contributed by atoms with Gasteiger partial charge in [-0.1, -0.05) is 18.5 Å². The number of rotatable bonds is 7. The van der Waals surface area contributed by atoms with Crippen molar-refractivity contribution < 1.29 is 28.7 Å². The van der Waals surface area contributed by atoms with E-state index in [0.717, 1.165) is 6.42 Å². The minimum absolute atomic E-state index is 0.187. The lowest BCUT2D eigenvalue weighted by atomic mass is 10.2.